The number of rotatable bonds is 3. The van der Waals surface area contributed by atoms with E-state index in [2.05, 4.69) is 26.1 Å². The molecule has 1 aliphatic heterocycles. The number of hydrogen-bond acceptors (Lipinski definition) is 2. The van der Waals surface area contributed by atoms with Gasteiger partial charge in [0.05, 0.1) is 0 Å². The van der Waals surface area contributed by atoms with Gasteiger partial charge in [-0.05, 0) is 54.3 Å². The van der Waals surface area contributed by atoms with Crippen molar-refractivity contribution in [2.45, 2.75) is 44.6 Å². The van der Waals surface area contributed by atoms with Crippen molar-refractivity contribution >= 4 is 11.8 Å². The van der Waals surface area contributed by atoms with Crippen LogP contribution in [-0.4, -0.2) is 12.3 Å². The number of thioether (sulfide) groups is 1. The van der Waals surface area contributed by atoms with E-state index in [-0.39, 0.29) is 5.82 Å². The fourth-order valence-electron chi connectivity index (χ4n) is 2.20. The monoisotopic (exact) mass is 267 g/mol. The van der Waals surface area contributed by atoms with Gasteiger partial charge in [-0.15, -0.1) is 11.8 Å². The Hall–Kier alpha value is -0.540. The maximum Gasteiger partial charge on any atom is 0.123 e. The van der Waals surface area contributed by atoms with Crippen molar-refractivity contribution in [2.75, 3.05) is 12.3 Å². The molecule has 1 unspecified atom stereocenters. The molecule has 0 spiro atoms. The van der Waals surface area contributed by atoms with Gasteiger partial charge in [0, 0.05) is 10.9 Å². The zero-order valence-electron chi connectivity index (χ0n) is 11.4. The van der Waals surface area contributed by atoms with Gasteiger partial charge in [-0.3, -0.25) is 0 Å². The number of benzene rings is 1. The zero-order chi connectivity index (χ0) is 13.2. The van der Waals surface area contributed by atoms with Gasteiger partial charge in [0.1, 0.15) is 5.82 Å². The number of halogens is 1. The first-order chi connectivity index (χ1) is 8.46. The van der Waals surface area contributed by atoms with Crippen molar-refractivity contribution in [1.29, 1.82) is 0 Å². The summed E-state index contributed by atoms with van der Waals surface area (Å²) in [6.45, 7) is 7.74. The molecule has 2 rings (SSSR count). The maximum absolute atomic E-state index is 13.3. The summed E-state index contributed by atoms with van der Waals surface area (Å²) >= 11 is 1.83. The van der Waals surface area contributed by atoms with Crippen LogP contribution in [0.3, 0.4) is 0 Å². The van der Waals surface area contributed by atoms with E-state index in [9.17, 15) is 4.39 Å². The molecule has 0 aromatic heterocycles. The van der Waals surface area contributed by atoms with Gasteiger partial charge in [0.15, 0.2) is 0 Å². The molecule has 0 radical (unpaired) electrons. The van der Waals surface area contributed by atoms with Crippen LogP contribution in [0.4, 0.5) is 4.39 Å². The third-order valence-corrected chi connectivity index (χ3v) is 4.40. The Morgan fingerprint density at radius 3 is 2.89 bits per heavy atom. The van der Waals surface area contributed by atoms with Crippen molar-refractivity contribution in [3.63, 3.8) is 0 Å². The van der Waals surface area contributed by atoms with E-state index >= 15 is 0 Å². The van der Waals surface area contributed by atoms with Crippen LogP contribution in [0, 0.1) is 11.2 Å². The van der Waals surface area contributed by atoms with E-state index in [1.807, 2.05) is 17.8 Å². The largest absolute Gasteiger partial charge is 0.310 e. The summed E-state index contributed by atoms with van der Waals surface area (Å²) in [6.07, 6.45) is 2.23. The van der Waals surface area contributed by atoms with Crippen LogP contribution in [-0.2, 0) is 0 Å². The van der Waals surface area contributed by atoms with Gasteiger partial charge in [-0.1, -0.05) is 20.8 Å². The summed E-state index contributed by atoms with van der Waals surface area (Å²) in [5.41, 5.74) is 1.49. The fraction of sp³-hybridized carbons (Fsp3) is 0.600. The highest BCUT2D eigenvalue weighted by Gasteiger charge is 2.21. The van der Waals surface area contributed by atoms with Gasteiger partial charge in [0.25, 0.3) is 0 Å². The second-order valence-corrected chi connectivity index (χ2v) is 7.27. The second-order valence-electron chi connectivity index (χ2n) is 6.14. The lowest BCUT2D eigenvalue weighted by Gasteiger charge is -2.27. The first-order valence-corrected chi connectivity index (χ1v) is 7.60. The smallest absolute Gasteiger partial charge is 0.123 e. The third-order valence-electron chi connectivity index (χ3n) is 3.28. The Bertz CT molecular complexity index is 411. The molecule has 0 bridgehead atoms. The number of hydrogen-bond donors (Lipinski definition) is 1. The van der Waals surface area contributed by atoms with E-state index in [1.165, 1.54) is 4.90 Å². The lowest BCUT2D eigenvalue weighted by atomic mass is 9.92. The quantitative estimate of drug-likeness (QED) is 0.871. The summed E-state index contributed by atoms with van der Waals surface area (Å²) in [5.74, 6) is 0.991. The van der Waals surface area contributed by atoms with Crippen molar-refractivity contribution < 1.29 is 4.39 Å². The lowest BCUT2D eigenvalue weighted by Crippen LogP contribution is -2.27. The van der Waals surface area contributed by atoms with E-state index in [0.29, 0.717) is 11.5 Å². The molecule has 0 fully saturated rings. The van der Waals surface area contributed by atoms with Gasteiger partial charge in [-0.2, -0.15) is 0 Å². The Labute approximate surface area is 114 Å². The van der Waals surface area contributed by atoms with Crippen LogP contribution in [0.2, 0.25) is 0 Å². The van der Waals surface area contributed by atoms with E-state index < -0.39 is 0 Å². The van der Waals surface area contributed by atoms with Gasteiger partial charge >= 0.3 is 0 Å². The molecule has 0 aliphatic carbocycles. The molecule has 1 aromatic rings. The summed E-state index contributed by atoms with van der Waals surface area (Å²) in [7, 11) is 0. The highest BCUT2D eigenvalue weighted by Crippen LogP contribution is 2.36. The van der Waals surface area contributed by atoms with Crippen LogP contribution in [0.15, 0.2) is 23.1 Å². The summed E-state index contributed by atoms with van der Waals surface area (Å²) in [6, 6.07) is 5.48. The van der Waals surface area contributed by atoms with Crippen LogP contribution < -0.4 is 5.32 Å². The summed E-state index contributed by atoms with van der Waals surface area (Å²) in [5, 5.41) is 3.58. The van der Waals surface area contributed by atoms with Crippen molar-refractivity contribution in [3.8, 4) is 0 Å². The molecule has 0 saturated carbocycles. The van der Waals surface area contributed by atoms with E-state index in [1.54, 1.807) is 12.1 Å². The average Bonchev–Trinajstić information content (AvgIpc) is 2.28. The van der Waals surface area contributed by atoms with Gasteiger partial charge in [0.2, 0.25) is 0 Å². The van der Waals surface area contributed by atoms with Crippen molar-refractivity contribution in [2.24, 2.45) is 5.41 Å². The minimum Gasteiger partial charge on any atom is -0.310 e. The molecule has 1 nitrogen and oxygen atoms in total. The standard InChI is InChI=1S/C15H22FNS/c1-15(2,3)7-8-17-13-6-9-18-14-5-4-11(16)10-12(13)14/h4-5,10,13,17H,6-9H2,1-3H3. The zero-order valence-corrected chi connectivity index (χ0v) is 12.2. The lowest BCUT2D eigenvalue weighted by molar-refractivity contribution is 0.351. The molecular weight excluding hydrogens is 245 g/mol. The van der Waals surface area contributed by atoms with Gasteiger partial charge < -0.3 is 5.32 Å². The van der Waals surface area contributed by atoms with E-state index in [4.69, 9.17) is 0 Å². The summed E-state index contributed by atoms with van der Waals surface area (Å²) in [4.78, 5) is 1.23. The SMILES string of the molecule is CC(C)(C)CCNC1CCSc2ccc(F)cc21. The molecule has 100 valence electrons. The first kappa shape index (κ1) is 13.9. The predicted molar refractivity (Wildman–Crippen MR) is 76.6 cm³/mol. The molecule has 0 saturated heterocycles. The highest BCUT2D eigenvalue weighted by molar-refractivity contribution is 7.99. The van der Waals surface area contributed by atoms with E-state index in [0.717, 1.165) is 30.7 Å². The molecule has 1 N–H and O–H groups in total. The van der Waals surface area contributed by atoms with Crippen LogP contribution >= 0.6 is 11.8 Å². The van der Waals surface area contributed by atoms with Crippen LogP contribution in [0.1, 0.15) is 45.2 Å². The molecule has 1 heterocycles. The van der Waals surface area contributed by atoms with Crippen molar-refractivity contribution in [3.05, 3.63) is 29.6 Å². The Kier molecular flexibility index (Phi) is 4.33. The average molecular weight is 267 g/mol. The van der Waals surface area contributed by atoms with Crippen LogP contribution in [0.5, 0.6) is 0 Å². The van der Waals surface area contributed by atoms with Gasteiger partial charge in [-0.25, -0.2) is 4.39 Å². The maximum atomic E-state index is 13.3. The second kappa shape index (κ2) is 5.62. The molecule has 1 aliphatic rings. The number of fused-ring (bicyclic) bond motifs is 1. The predicted octanol–water partition coefficient (Wildman–Crippen LogP) is 4.39. The Morgan fingerprint density at radius 1 is 1.39 bits per heavy atom. The highest BCUT2D eigenvalue weighted by atomic mass is 32.2. The molecule has 18 heavy (non-hydrogen) atoms. The molecular formula is C15H22FNS. The topological polar surface area (TPSA) is 12.0 Å². The molecule has 1 aromatic carbocycles. The normalized spacial score (nSPS) is 19.7. The fourth-order valence-corrected chi connectivity index (χ4v) is 3.30. The number of nitrogens with one attached hydrogen (secondary N) is 1. The molecule has 3 heteroatoms. The third kappa shape index (κ3) is 3.72. The van der Waals surface area contributed by atoms with Crippen molar-refractivity contribution in [1.82, 2.24) is 5.32 Å². The Morgan fingerprint density at radius 2 is 2.17 bits per heavy atom. The minimum absolute atomic E-state index is 0.126. The Balaban J connectivity index is 2.01. The molecule has 1 atom stereocenters. The summed E-state index contributed by atoms with van der Waals surface area (Å²) < 4.78 is 13.3. The molecule has 0 amide bonds. The van der Waals surface area contributed by atoms with Crippen LogP contribution in [0.25, 0.3) is 0 Å². The first-order valence-electron chi connectivity index (χ1n) is 6.61. The minimum atomic E-state index is -0.126.